The molecule has 1 aromatic heterocycles. The lowest BCUT2D eigenvalue weighted by atomic mass is 10.2. The molecule has 0 radical (unpaired) electrons. The predicted octanol–water partition coefficient (Wildman–Crippen LogP) is 2.30. The molecule has 0 aliphatic rings. The third-order valence-corrected chi connectivity index (χ3v) is 3.84. The Labute approximate surface area is 92.7 Å². The van der Waals surface area contributed by atoms with Gasteiger partial charge in [-0.1, -0.05) is 30.4 Å². The third-order valence-electron chi connectivity index (χ3n) is 2.15. The van der Waals surface area contributed by atoms with E-state index in [2.05, 4.69) is 4.98 Å². The van der Waals surface area contributed by atoms with Gasteiger partial charge in [-0.2, -0.15) is 0 Å². The van der Waals surface area contributed by atoms with Crippen LogP contribution in [0, 0.1) is 4.51 Å². The number of para-hydroxylation sites is 1. The van der Waals surface area contributed by atoms with Crippen LogP contribution in [0.25, 0.3) is 10.9 Å². The molecular weight excluding hydrogens is 230 g/mol. The largest absolute Gasteiger partial charge is 0.360 e. The minimum absolute atomic E-state index is 0.177. The summed E-state index contributed by atoms with van der Waals surface area (Å²) in [5, 5.41) is 0.760. The maximum Gasteiger partial charge on any atom is 0.178 e. The molecule has 0 spiro atoms. The molecule has 78 valence electrons. The molecule has 0 fully saturated rings. The third kappa shape index (κ3) is 1.80. The quantitative estimate of drug-likeness (QED) is 0.777. The van der Waals surface area contributed by atoms with Gasteiger partial charge in [-0.3, -0.25) is 0 Å². The highest BCUT2D eigenvalue weighted by molar-refractivity contribution is 7.91. The number of nitrogens with one attached hydrogen (secondary N) is 1. The van der Waals surface area contributed by atoms with Crippen molar-refractivity contribution in [2.45, 2.75) is 4.90 Å². The molecule has 0 bridgehead atoms. The van der Waals surface area contributed by atoms with Crippen LogP contribution in [-0.4, -0.2) is 19.7 Å². The highest BCUT2D eigenvalue weighted by Crippen LogP contribution is 2.19. The second-order valence-electron chi connectivity index (χ2n) is 3.30. The first-order valence-corrected chi connectivity index (χ1v) is 6.60. The zero-order chi connectivity index (χ0) is 11.1. The standard InChI is InChI=1S/C10H9NO2S2/c1-15(12,13)9-6-11-8-5-3-2-4-7(8)10(9)14/h2-6H,1H3,(H,11,14). The van der Waals surface area contributed by atoms with Gasteiger partial charge >= 0.3 is 0 Å². The molecule has 15 heavy (non-hydrogen) atoms. The van der Waals surface area contributed by atoms with E-state index in [1.165, 1.54) is 6.20 Å². The average molecular weight is 239 g/mol. The molecule has 0 saturated heterocycles. The second-order valence-corrected chi connectivity index (χ2v) is 5.69. The molecule has 0 unspecified atom stereocenters. The highest BCUT2D eigenvalue weighted by atomic mass is 32.2. The lowest BCUT2D eigenvalue weighted by Crippen LogP contribution is -1.99. The Morgan fingerprint density at radius 1 is 1.27 bits per heavy atom. The van der Waals surface area contributed by atoms with Crippen LogP contribution in [0.3, 0.4) is 0 Å². The van der Waals surface area contributed by atoms with Crippen LogP contribution >= 0.6 is 12.2 Å². The van der Waals surface area contributed by atoms with Gasteiger partial charge in [0, 0.05) is 23.4 Å². The number of sulfone groups is 1. The van der Waals surface area contributed by atoms with E-state index in [1.807, 2.05) is 24.3 Å². The summed E-state index contributed by atoms with van der Waals surface area (Å²) in [7, 11) is -3.26. The van der Waals surface area contributed by atoms with Crippen LogP contribution in [0.5, 0.6) is 0 Å². The van der Waals surface area contributed by atoms with Gasteiger partial charge in [0.1, 0.15) is 4.90 Å². The summed E-state index contributed by atoms with van der Waals surface area (Å²) >= 11 is 5.14. The molecule has 0 amide bonds. The Balaban J connectivity index is 2.95. The fourth-order valence-corrected chi connectivity index (χ4v) is 2.83. The summed E-state index contributed by atoms with van der Waals surface area (Å²) in [6.07, 6.45) is 2.60. The molecule has 2 rings (SSSR count). The summed E-state index contributed by atoms with van der Waals surface area (Å²) in [5.41, 5.74) is 0.843. The molecule has 0 saturated carbocycles. The van der Waals surface area contributed by atoms with Crippen LogP contribution < -0.4 is 0 Å². The SMILES string of the molecule is CS(=O)(=O)c1c[nH]c2ccccc2c1=S. The number of pyridine rings is 1. The van der Waals surface area contributed by atoms with E-state index in [4.69, 9.17) is 12.2 Å². The zero-order valence-corrected chi connectivity index (χ0v) is 9.65. The number of hydrogen-bond donors (Lipinski definition) is 1. The summed E-state index contributed by atoms with van der Waals surface area (Å²) in [6.45, 7) is 0. The van der Waals surface area contributed by atoms with Crippen molar-refractivity contribution >= 4 is 33.0 Å². The number of aromatic amines is 1. The second kappa shape index (κ2) is 3.43. The minimum atomic E-state index is -3.26. The van der Waals surface area contributed by atoms with Gasteiger partial charge in [0.05, 0.1) is 4.51 Å². The Morgan fingerprint density at radius 3 is 2.60 bits per heavy atom. The van der Waals surface area contributed by atoms with Gasteiger partial charge in [0.25, 0.3) is 0 Å². The average Bonchev–Trinajstić information content (AvgIpc) is 2.16. The first-order chi connectivity index (χ1) is 7.00. The van der Waals surface area contributed by atoms with Crippen molar-refractivity contribution in [2.75, 3.05) is 6.26 Å². The fraction of sp³-hybridized carbons (Fsp3) is 0.100. The van der Waals surface area contributed by atoms with Crippen LogP contribution in [0.2, 0.25) is 0 Å². The first kappa shape index (κ1) is 10.3. The van der Waals surface area contributed by atoms with Crippen molar-refractivity contribution in [3.8, 4) is 0 Å². The Bertz CT molecular complexity index is 671. The maximum absolute atomic E-state index is 11.4. The van der Waals surface area contributed by atoms with E-state index in [9.17, 15) is 8.42 Å². The van der Waals surface area contributed by atoms with Crippen LogP contribution in [0.15, 0.2) is 35.4 Å². The van der Waals surface area contributed by atoms with Gasteiger partial charge in [0.15, 0.2) is 9.84 Å². The molecular formula is C10H9NO2S2. The van der Waals surface area contributed by atoms with Gasteiger partial charge in [0.2, 0.25) is 0 Å². The van der Waals surface area contributed by atoms with Gasteiger partial charge in [-0.05, 0) is 6.07 Å². The van der Waals surface area contributed by atoms with E-state index in [-0.39, 0.29) is 4.90 Å². The number of H-pyrrole nitrogens is 1. The normalized spacial score (nSPS) is 11.8. The van der Waals surface area contributed by atoms with E-state index in [0.717, 1.165) is 17.2 Å². The number of hydrogen-bond acceptors (Lipinski definition) is 3. The highest BCUT2D eigenvalue weighted by Gasteiger charge is 2.10. The van der Waals surface area contributed by atoms with Crippen molar-refractivity contribution < 1.29 is 8.42 Å². The van der Waals surface area contributed by atoms with Crippen molar-refractivity contribution in [2.24, 2.45) is 0 Å². The van der Waals surface area contributed by atoms with Gasteiger partial charge in [-0.25, -0.2) is 8.42 Å². The van der Waals surface area contributed by atoms with Crippen molar-refractivity contribution in [1.82, 2.24) is 4.98 Å². The van der Waals surface area contributed by atoms with Gasteiger partial charge in [-0.15, -0.1) is 0 Å². The first-order valence-electron chi connectivity index (χ1n) is 4.30. The Hall–Kier alpha value is -1.20. The zero-order valence-electron chi connectivity index (χ0n) is 8.02. The minimum Gasteiger partial charge on any atom is -0.360 e. The van der Waals surface area contributed by atoms with Crippen molar-refractivity contribution in [3.05, 3.63) is 35.0 Å². The topological polar surface area (TPSA) is 49.9 Å². The summed E-state index contributed by atoms with van der Waals surface area (Å²) in [6, 6.07) is 7.37. The number of rotatable bonds is 1. The smallest absolute Gasteiger partial charge is 0.178 e. The van der Waals surface area contributed by atoms with Gasteiger partial charge < -0.3 is 4.98 Å². The molecule has 1 N–H and O–H groups in total. The maximum atomic E-state index is 11.4. The molecule has 0 atom stereocenters. The van der Waals surface area contributed by atoms with Crippen LogP contribution in [-0.2, 0) is 9.84 Å². The molecule has 3 nitrogen and oxygen atoms in total. The van der Waals surface area contributed by atoms with Crippen molar-refractivity contribution in [3.63, 3.8) is 0 Å². The monoisotopic (exact) mass is 239 g/mol. The predicted molar refractivity (Wildman–Crippen MR) is 62.2 cm³/mol. The molecule has 2 aromatic rings. The molecule has 5 heteroatoms. The Kier molecular flexibility index (Phi) is 2.36. The lowest BCUT2D eigenvalue weighted by Gasteiger charge is -2.02. The van der Waals surface area contributed by atoms with Crippen molar-refractivity contribution in [1.29, 1.82) is 0 Å². The van der Waals surface area contributed by atoms with E-state index >= 15 is 0 Å². The van der Waals surface area contributed by atoms with Crippen LogP contribution in [0.4, 0.5) is 0 Å². The van der Waals surface area contributed by atoms with E-state index in [0.29, 0.717) is 4.51 Å². The molecule has 1 heterocycles. The number of aromatic nitrogens is 1. The summed E-state index contributed by atoms with van der Waals surface area (Å²) in [5.74, 6) is 0. The lowest BCUT2D eigenvalue weighted by molar-refractivity contribution is 0.601. The summed E-state index contributed by atoms with van der Waals surface area (Å²) < 4.78 is 23.2. The summed E-state index contributed by atoms with van der Waals surface area (Å²) in [4.78, 5) is 3.10. The Morgan fingerprint density at radius 2 is 1.93 bits per heavy atom. The van der Waals surface area contributed by atoms with Crippen LogP contribution in [0.1, 0.15) is 0 Å². The van der Waals surface area contributed by atoms with E-state index in [1.54, 1.807) is 0 Å². The molecule has 0 aliphatic carbocycles. The number of fused-ring (bicyclic) bond motifs is 1. The fourth-order valence-electron chi connectivity index (χ4n) is 1.42. The molecule has 0 aliphatic heterocycles. The van der Waals surface area contributed by atoms with E-state index < -0.39 is 9.84 Å². The molecule has 1 aromatic carbocycles. The number of benzene rings is 1.